The highest BCUT2D eigenvalue weighted by Crippen LogP contribution is 2.22. The van der Waals surface area contributed by atoms with Gasteiger partial charge in [-0.3, -0.25) is 9.20 Å². The Hall–Kier alpha value is -2.21. The number of nitrogens with one attached hydrogen (secondary N) is 1. The van der Waals surface area contributed by atoms with Crippen molar-refractivity contribution in [2.24, 2.45) is 0 Å². The number of carbonyl (C=O) groups excluding carboxylic acids is 1. The number of aromatic nitrogens is 2. The fourth-order valence-electron chi connectivity index (χ4n) is 2.67. The number of pyridine rings is 1. The van der Waals surface area contributed by atoms with E-state index in [1.54, 1.807) is 6.07 Å². The Labute approximate surface area is 147 Å². The van der Waals surface area contributed by atoms with E-state index in [0.29, 0.717) is 23.5 Å². The number of anilines is 1. The van der Waals surface area contributed by atoms with Crippen LogP contribution in [0.1, 0.15) is 35.1 Å². The number of nitrogens with zero attached hydrogens (tertiary/aromatic N) is 2. The third kappa shape index (κ3) is 3.19. The number of benzene rings is 1. The van der Waals surface area contributed by atoms with Crippen LogP contribution in [-0.4, -0.2) is 15.3 Å². The largest absolute Gasteiger partial charge is 0.320 e. The van der Waals surface area contributed by atoms with Crippen molar-refractivity contribution in [2.75, 3.05) is 5.32 Å². The third-order valence-electron chi connectivity index (χ3n) is 3.79. The zero-order valence-corrected chi connectivity index (χ0v) is 15.0. The zero-order chi connectivity index (χ0) is 17.3. The van der Waals surface area contributed by atoms with Crippen LogP contribution in [0.15, 0.2) is 41.0 Å². The number of hydrogen-bond donors (Lipinski definition) is 1. The lowest BCUT2D eigenvalue weighted by molar-refractivity contribution is 0.102. The molecule has 6 heteroatoms. The second-order valence-corrected chi connectivity index (χ2v) is 6.56. The van der Waals surface area contributed by atoms with Gasteiger partial charge in [0, 0.05) is 16.4 Å². The molecule has 124 valence electrons. The van der Waals surface area contributed by atoms with Gasteiger partial charge in [0.15, 0.2) is 0 Å². The molecule has 1 N–H and O–H groups in total. The van der Waals surface area contributed by atoms with Crippen LogP contribution in [-0.2, 0) is 6.42 Å². The Bertz CT molecular complexity index is 920. The second kappa shape index (κ2) is 6.73. The number of hydrogen-bond acceptors (Lipinski definition) is 2. The number of rotatable bonds is 4. The fourth-order valence-corrected chi connectivity index (χ4v) is 3.14. The van der Waals surface area contributed by atoms with E-state index >= 15 is 0 Å². The maximum atomic E-state index is 13.6. The summed E-state index contributed by atoms with van der Waals surface area (Å²) in [6.45, 7) is 3.94. The summed E-state index contributed by atoms with van der Waals surface area (Å²) in [5.41, 5.74) is 3.29. The highest BCUT2D eigenvalue weighted by atomic mass is 79.9. The van der Waals surface area contributed by atoms with E-state index in [2.05, 4.69) is 26.2 Å². The van der Waals surface area contributed by atoms with E-state index in [9.17, 15) is 9.18 Å². The average molecular weight is 390 g/mol. The molecule has 0 bridgehead atoms. The molecule has 3 aromatic rings. The lowest BCUT2D eigenvalue weighted by Crippen LogP contribution is -2.17. The van der Waals surface area contributed by atoms with E-state index in [1.165, 1.54) is 16.7 Å². The number of aryl methyl sites for hydroxylation is 2. The monoisotopic (exact) mass is 389 g/mol. The van der Waals surface area contributed by atoms with Gasteiger partial charge in [-0.05, 0) is 49.2 Å². The SMILES string of the molecule is CCCc1nc2ccc(F)cn2c1C(=O)Nc1ccc(Br)cc1C. The lowest BCUT2D eigenvalue weighted by atomic mass is 10.1. The Morgan fingerprint density at radius 3 is 2.83 bits per heavy atom. The van der Waals surface area contributed by atoms with Gasteiger partial charge in [-0.15, -0.1) is 0 Å². The van der Waals surface area contributed by atoms with Gasteiger partial charge in [-0.2, -0.15) is 0 Å². The summed E-state index contributed by atoms with van der Waals surface area (Å²) >= 11 is 3.41. The normalized spacial score (nSPS) is 11.0. The minimum absolute atomic E-state index is 0.290. The van der Waals surface area contributed by atoms with E-state index in [-0.39, 0.29) is 5.91 Å². The molecule has 1 amide bonds. The van der Waals surface area contributed by atoms with E-state index in [1.807, 2.05) is 32.0 Å². The topological polar surface area (TPSA) is 46.4 Å². The van der Waals surface area contributed by atoms with Crippen molar-refractivity contribution in [2.45, 2.75) is 26.7 Å². The van der Waals surface area contributed by atoms with Crippen LogP contribution in [0.5, 0.6) is 0 Å². The Morgan fingerprint density at radius 1 is 1.33 bits per heavy atom. The summed E-state index contributed by atoms with van der Waals surface area (Å²) in [5, 5.41) is 2.91. The fraction of sp³-hybridized carbons (Fsp3) is 0.222. The van der Waals surface area contributed by atoms with Crippen LogP contribution in [0.2, 0.25) is 0 Å². The number of fused-ring (bicyclic) bond motifs is 1. The smallest absolute Gasteiger partial charge is 0.274 e. The third-order valence-corrected chi connectivity index (χ3v) is 4.29. The first-order valence-corrected chi connectivity index (χ1v) is 8.53. The number of amides is 1. The summed E-state index contributed by atoms with van der Waals surface area (Å²) in [6.07, 6.45) is 2.81. The van der Waals surface area contributed by atoms with Crippen LogP contribution in [0, 0.1) is 12.7 Å². The van der Waals surface area contributed by atoms with E-state index in [4.69, 9.17) is 0 Å². The van der Waals surface area contributed by atoms with Gasteiger partial charge in [-0.25, -0.2) is 9.37 Å². The van der Waals surface area contributed by atoms with Gasteiger partial charge < -0.3 is 5.32 Å². The Morgan fingerprint density at radius 2 is 2.12 bits per heavy atom. The Balaban J connectivity index is 2.04. The van der Waals surface area contributed by atoms with Gasteiger partial charge in [0.2, 0.25) is 0 Å². The molecule has 0 fully saturated rings. The molecular formula is C18H17BrFN3O. The molecule has 2 aromatic heterocycles. The summed E-state index contributed by atoms with van der Waals surface area (Å²) < 4.78 is 16.1. The van der Waals surface area contributed by atoms with E-state index < -0.39 is 5.82 Å². The van der Waals surface area contributed by atoms with Crippen LogP contribution in [0.4, 0.5) is 10.1 Å². The predicted molar refractivity (Wildman–Crippen MR) is 96.0 cm³/mol. The summed E-state index contributed by atoms with van der Waals surface area (Å²) in [4.78, 5) is 17.3. The number of imidazole rings is 1. The van der Waals surface area contributed by atoms with Crippen LogP contribution < -0.4 is 5.32 Å². The maximum Gasteiger partial charge on any atom is 0.274 e. The molecule has 0 aliphatic carbocycles. The van der Waals surface area contributed by atoms with Crippen LogP contribution in [0.3, 0.4) is 0 Å². The first-order valence-electron chi connectivity index (χ1n) is 7.73. The molecule has 3 rings (SSSR count). The molecule has 0 aliphatic heterocycles. The minimum Gasteiger partial charge on any atom is -0.320 e. The van der Waals surface area contributed by atoms with Crippen molar-refractivity contribution in [1.29, 1.82) is 0 Å². The summed E-state index contributed by atoms with van der Waals surface area (Å²) in [6, 6.07) is 8.55. The maximum absolute atomic E-state index is 13.6. The van der Waals surface area contributed by atoms with Crippen molar-refractivity contribution < 1.29 is 9.18 Å². The molecule has 4 nitrogen and oxygen atoms in total. The summed E-state index contributed by atoms with van der Waals surface area (Å²) in [7, 11) is 0. The van der Waals surface area contributed by atoms with Gasteiger partial charge in [0.05, 0.1) is 5.69 Å². The predicted octanol–water partition coefficient (Wildman–Crippen LogP) is 4.75. The highest BCUT2D eigenvalue weighted by Gasteiger charge is 2.19. The molecule has 1 aromatic carbocycles. The van der Waals surface area contributed by atoms with E-state index in [0.717, 1.165) is 22.1 Å². The highest BCUT2D eigenvalue weighted by molar-refractivity contribution is 9.10. The lowest BCUT2D eigenvalue weighted by Gasteiger charge is -2.10. The number of halogens is 2. The standard InChI is InChI=1S/C18H17BrFN3O/c1-3-4-15-17(23-10-13(20)6-8-16(23)21-15)18(24)22-14-7-5-12(19)9-11(14)2/h5-10H,3-4H2,1-2H3,(H,22,24). The van der Waals surface area contributed by atoms with Gasteiger partial charge in [-0.1, -0.05) is 29.3 Å². The molecule has 0 saturated heterocycles. The molecule has 0 saturated carbocycles. The molecule has 2 heterocycles. The molecule has 0 aliphatic rings. The molecule has 24 heavy (non-hydrogen) atoms. The van der Waals surface area contributed by atoms with Crippen molar-refractivity contribution in [3.8, 4) is 0 Å². The number of carbonyl (C=O) groups is 1. The average Bonchev–Trinajstić information content (AvgIpc) is 2.87. The van der Waals surface area contributed by atoms with Crippen molar-refractivity contribution in [3.05, 3.63) is 63.8 Å². The zero-order valence-electron chi connectivity index (χ0n) is 13.4. The van der Waals surface area contributed by atoms with Crippen LogP contribution >= 0.6 is 15.9 Å². The van der Waals surface area contributed by atoms with Crippen molar-refractivity contribution >= 4 is 33.2 Å². The molecule has 0 atom stereocenters. The molecule has 0 radical (unpaired) electrons. The van der Waals surface area contributed by atoms with Crippen LogP contribution in [0.25, 0.3) is 5.65 Å². The molecule has 0 unspecified atom stereocenters. The van der Waals surface area contributed by atoms with Gasteiger partial charge >= 0.3 is 0 Å². The quantitative estimate of drug-likeness (QED) is 0.699. The Kier molecular flexibility index (Phi) is 4.66. The first kappa shape index (κ1) is 16.6. The van der Waals surface area contributed by atoms with Crippen molar-refractivity contribution in [1.82, 2.24) is 9.38 Å². The molecule has 0 spiro atoms. The second-order valence-electron chi connectivity index (χ2n) is 5.65. The first-order chi connectivity index (χ1) is 11.5. The molecular weight excluding hydrogens is 373 g/mol. The van der Waals surface area contributed by atoms with Gasteiger partial charge in [0.1, 0.15) is 17.2 Å². The van der Waals surface area contributed by atoms with Crippen molar-refractivity contribution in [3.63, 3.8) is 0 Å². The minimum atomic E-state index is -0.406. The van der Waals surface area contributed by atoms with Gasteiger partial charge in [0.25, 0.3) is 5.91 Å². The summed E-state index contributed by atoms with van der Waals surface area (Å²) in [5.74, 6) is -0.696.